The summed E-state index contributed by atoms with van der Waals surface area (Å²) in [6, 6.07) is 20.5. The molecule has 3 aromatic rings. The minimum Gasteiger partial charge on any atom is -0.494 e. The first-order valence-electron chi connectivity index (χ1n) is 13.2. The van der Waals surface area contributed by atoms with Crippen LogP contribution < -0.4 is 14.4 Å². The predicted molar refractivity (Wildman–Crippen MR) is 158 cm³/mol. The summed E-state index contributed by atoms with van der Waals surface area (Å²) in [5.74, 6) is -0.321. The summed E-state index contributed by atoms with van der Waals surface area (Å²) in [6.07, 6.45) is 0.720. The molecule has 0 saturated carbocycles. The number of nitrogens with one attached hydrogen (secondary N) is 1. The van der Waals surface area contributed by atoms with Gasteiger partial charge in [-0.1, -0.05) is 54.9 Å². The second kappa shape index (κ2) is 14.2. The van der Waals surface area contributed by atoms with Gasteiger partial charge in [0.1, 0.15) is 18.3 Å². The van der Waals surface area contributed by atoms with Crippen molar-refractivity contribution in [3.8, 4) is 5.75 Å². The molecule has 0 spiro atoms. The van der Waals surface area contributed by atoms with E-state index in [0.717, 1.165) is 10.7 Å². The van der Waals surface area contributed by atoms with Crippen LogP contribution in [0.5, 0.6) is 5.75 Å². The van der Waals surface area contributed by atoms with E-state index in [2.05, 4.69) is 5.32 Å². The van der Waals surface area contributed by atoms with Crippen molar-refractivity contribution in [1.82, 2.24) is 10.2 Å². The molecule has 0 fully saturated rings. The molecule has 10 heteroatoms. The Morgan fingerprint density at radius 3 is 2.15 bits per heavy atom. The highest BCUT2D eigenvalue weighted by molar-refractivity contribution is 7.92. The third-order valence-electron chi connectivity index (χ3n) is 6.51. The zero-order valence-electron chi connectivity index (χ0n) is 23.2. The maximum atomic E-state index is 14.0. The molecule has 214 valence electrons. The van der Waals surface area contributed by atoms with Gasteiger partial charge in [0.15, 0.2) is 0 Å². The fourth-order valence-electron chi connectivity index (χ4n) is 3.98. The summed E-state index contributed by atoms with van der Waals surface area (Å²) in [5, 5.41) is 3.35. The molecule has 0 aliphatic carbocycles. The van der Waals surface area contributed by atoms with E-state index in [1.807, 2.05) is 20.8 Å². The number of anilines is 1. The Morgan fingerprint density at radius 2 is 1.55 bits per heavy atom. The van der Waals surface area contributed by atoms with Gasteiger partial charge in [-0.2, -0.15) is 0 Å². The van der Waals surface area contributed by atoms with E-state index in [1.165, 1.54) is 17.0 Å². The maximum absolute atomic E-state index is 14.0. The molecule has 1 N–H and O–H groups in total. The van der Waals surface area contributed by atoms with E-state index in [9.17, 15) is 18.0 Å². The second-order valence-corrected chi connectivity index (χ2v) is 11.6. The van der Waals surface area contributed by atoms with Crippen LogP contribution in [0.2, 0.25) is 5.02 Å². The van der Waals surface area contributed by atoms with Gasteiger partial charge in [0.05, 0.1) is 17.2 Å². The van der Waals surface area contributed by atoms with Crippen LogP contribution in [-0.4, -0.2) is 50.4 Å². The molecule has 2 atom stereocenters. The van der Waals surface area contributed by atoms with Gasteiger partial charge in [-0.3, -0.25) is 13.9 Å². The number of ether oxygens (including phenoxy) is 1. The Bertz CT molecular complexity index is 1380. The Balaban J connectivity index is 2.02. The SMILES string of the molecule is CCOc1ccc(N(CC(=O)N(Cc2ccccc2Cl)[C@@H](C)C(=O)N[C@H](C)CC)S(=O)(=O)c2ccccc2)cc1. The van der Waals surface area contributed by atoms with Crippen LogP contribution in [0.4, 0.5) is 5.69 Å². The van der Waals surface area contributed by atoms with Crippen molar-refractivity contribution in [3.63, 3.8) is 0 Å². The van der Waals surface area contributed by atoms with Gasteiger partial charge in [-0.15, -0.1) is 0 Å². The van der Waals surface area contributed by atoms with E-state index >= 15 is 0 Å². The lowest BCUT2D eigenvalue weighted by Gasteiger charge is -2.32. The molecule has 0 aliphatic rings. The van der Waals surface area contributed by atoms with Crippen molar-refractivity contribution in [1.29, 1.82) is 0 Å². The van der Waals surface area contributed by atoms with Gasteiger partial charge < -0.3 is 15.0 Å². The molecule has 40 heavy (non-hydrogen) atoms. The van der Waals surface area contributed by atoms with Crippen LogP contribution in [0.25, 0.3) is 0 Å². The first-order chi connectivity index (χ1) is 19.1. The summed E-state index contributed by atoms with van der Waals surface area (Å²) >= 11 is 6.40. The number of halogens is 1. The second-order valence-electron chi connectivity index (χ2n) is 9.36. The Kier molecular flexibility index (Phi) is 11.0. The molecule has 3 rings (SSSR count). The number of hydrogen-bond donors (Lipinski definition) is 1. The Morgan fingerprint density at radius 1 is 0.925 bits per heavy atom. The minimum atomic E-state index is -4.14. The Hall–Kier alpha value is -3.56. The van der Waals surface area contributed by atoms with Crippen molar-refractivity contribution in [2.45, 2.75) is 57.6 Å². The summed E-state index contributed by atoms with van der Waals surface area (Å²) in [5.41, 5.74) is 0.925. The maximum Gasteiger partial charge on any atom is 0.264 e. The van der Waals surface area contributed by atoms with Gasteiger partial charge in [0, 0.05) is 17.6 Å². The number of hydrogen-bond acceptors (Lipinski definition) is 5. The number of amides is 2. The monoisotopic (exact) mass is 585 g/mol. The number of benzene rings is 3. The smallest absolute Gasteiger partial charge is 0.264 e. The zero-order chi connectivity index (χ0) is 29.3. The minimum absolute atomic E-state index is 0.0239. The molecular weight excluding hydrogens is 550 g/mol. The lowest BCUT2D eigenvalue weighted by Crippen LogP contribution is -2.52. The molecule has 0 heterocycles. The van der Waals surface area contributed by atoms with E-state index in [0.29, 0.717) is 22.9 Å². The van der Waals surface area contributed by atoms with Gasteiger partial charge in [0.2, 0.25) is 11.8 Å². The van der Waals surface area contributed by atoms with Crippen molar-refractivity contribution in [3.05, 3.63) is 89.4 Å². The molecule has 0 radical (unpaired) electrons. The average Bonchev–Trinajstić information content (AvgIpc) is 2.96. The quantitative estimate of drug-likeness (QED) is 0.295. The third kappa shape index (κ3) is 7.76. The topological polar surface area (TPSA) is 96.0 Å². The Labute approximate surface area is 241 Å². The molecule has 0 unspecified atom stereocenters. The highest BCUT2D eigenvalue weighted by atomic mass is 35.5. The van der Waals surface area contributed by atoms with Crippen LogP contribution in [-0.2, 0) is 26.2 Å². The molecule has 0 aliphatic heterocycles. The highest BCUT2D eigenvalue weighted by Gasteiger charge is 2.33. The van der Waals surface area contributed by atoms with Gasteiger partial charge in [-0.05, 0) is 75.2 Å². The zero-order valence-corrected chi connectivity index (χ0v) is 24.8. The molecule has 3 aromatic carbocycles. The standard InChI is InChI=1S/C30H36ClN3O5S/c1-5-22(3)32-30(36)23(4)33(20-24-12-10-11-15-28(24)31)29(35)21-34(25-16-18-26(19-17-25)39-6-2)40(37,38)27-13-8-7-9-14-27/h7-19,22-23H,5-6,20-21H2,1-4H3,(H,32,36)/t22-,23+/m1/s1. The number of carbonyl (C=O) groups excluding carboxylic acids is 2. The normalized spacial score (nSPS) is 12.7. The summed E-state index contributed by atoms with van der Waals surface area (Å²) in [4.78, 5) is 28.5. The van der Waals surface area contributed by atoms with Crippen molar-refractivity contribution in [2.75, 3.05) is 17.5 Å². The number of rotatable bonds is 13. The van der Waals surface area contributed by atoms with Gasteiger partial charge >= 0.3 is 0 Å². The summed E-state index contributed by atoms with van der Waals surface area (Å²) in [7, 11) is -4.14. The predicted octanol–water partition coefficient (Wildman–Crippen LogP) is 5.27. The van der Waals surface area contributed by atoms with Crippen LogP contribution in [0.1, 0.15) is 39.7 Å². The van der Waals surface area contributed by atoms with Crippen LogP contribution in [0.3, 0.4) is 0 Å². The van der Waals surface area contributed by atoms with Crippen LogP contribution in [0, 0.1) is 0 Å². The lowest BCUT2D eigenvalue weighted by molar-refractivity contribution is -0.139. The van der Waals surface area contributed by atoms with Gasteiger partial charge in [-0.25, -0.2) is 8.42 Å². The van der Waals surface area contributed by atoms with Gasteiger partial charge in [0.25, 0.3) is 10.0 Å². The molecule has 0 aromatic heterocycles. The lowest BCUT2D eigenvalue weighted by atomic mass is 10.1. The van der Waals surface area contributed by atoms with Crippen molar-refractivity contribution in [2.24, 2.45) is 0 Å². The van der Waals surface area contributed by atoms with Crippen molar-refractivity contribution < 1.29 is 22.7 Å². The summed E-state index contributed by atoms with van der Waals surface area (Å²) < 4.78 is 34.2. The van der Waals surface area contributed by atoms with Crippen LogP contribution in [0.15, 0.2) is 83.8 Å². The molecule has 0 saturated heterocycles. The van der Waals surface area contributed by atoms with E-state index in [4.69, 9.17) is 16.3 Å². The first-order valence-corrected chi connectivity index (χ1v) is 15.0. The van der Waals surface area contributed by atoms with Crippen LogP contribution >= 0.6 is 11.6 Å². The molecule has 2 amide bonds. The average molecular weight is 586 g/mol. The van der Waals surface area contributed by atoms with E-state index in [1.54, 1.807) is 73.7 Å². The largest absolute Gasteiger partial charge is 0.494 e. The molecule has 0 bridgehead atoms. The van der Waals surface area contributed by atoms with Crippen molar-refractivity contribution >= 4 is 39.1 Å². The highest BCUT2D eigenvalue weighted by Crippen LogP contribution is 2.27. The number of carbonyl (C=O) groups is 2. The molecule has 8 nitrogen and oxygen atoms in total. The number of sulfonamides is 1. The first kappa shape index (κ1) is 31.0. The fourth-order valence-corrected chi connectivity index (χ4v) is 5.61. The number of nitrogens with zero attached hydrogens (tertiary/aromatic N) is 2. The third-order valence-corrected chi connectivity index (χ3v) is 8.67. The summed E-state index contributed by atoms with van der Waals surface area (Å²) in [6.45, 7) is 7.25. The van der Waals surface area contributed by atoms with E-state index < -0.39 is 28.5 Å². The fraction of sp³-hybridized carbons (Fsp3) is 0.333. The van der Waals surface area contributed by atoms with E-state index in [-0.39, 0.29) is 29.1 Å². The molecular formula is C30H36ClN3O5S.